The number of hydrogen-bond acceptors (Lipinski definition) is 2. The lowest BCUT2D eigenvalue weighted by atomic mass is 10.1. The second-order valence-electron chi connectivity index (χ2n) is 2.07. The van der Waals surface area contributed by atoms with Gasteiger partial charge < -0.3 is 9.90 Å². The van der Waals surface area contributed by atoms with Gasteiger partial charge in [0.15, 0.2) is 0 Å². The fourth-order valence-electron chi connectivity index (χ4n) is 0.514. The van der Waals surface area contributed by atoms with Crippen LogP contribution >= 0.6 is 0 Å². The number of unbranched alkanes of at least 4 members (excludes halogenated alkanes) is 1. The number of carbonyl (C=O) groups is 2. The van der Waals surface area contributed by atoms with Crippen molar-refractivity contribution in [1.29, 1.82) is 0 Å². The van der Waals surface area contributed by atoms with E-state index < -0.39 is 18.3 Å². The van der Waals surface area contributed by atoms with Crippen LogP contribution in [0.15, 0.2) is 0 Å². The van der Waals surface area contributed by atoms with Gasteiger partial charge in [0.2, 0.25) is 0 Å². The van der Waals surface area contributed by atoms with Crippen LogP contribution in [-0.2, 0) is 9.59 Å². The fraction of sp³-hybridized carbons (Fsp3) is 0.667. The molecule has 0 aromatic rings. The molecule has 0 rings (SSSR count). The quantitative estimate of drug-likeness (QED) is 0.491. The van der Waals surface area contributed by atoms with Gasteiger partial charge in [-0.2, -0.15) is 8.78 Å². The normalized spacial score (nSPS) is 11.1. The van der Waals surface area contributed by atoms with E-state index in [1.165, 1.54) is 0 Å². The van der Waals surface area contributed by atoms with Crippen molar-refractivity contribution in [1.82, 2.24) is 0 Å². The zero-order chi connectivity index (χ0) is 8.91. The van der Waals surface area contributed by atoms with Gasteiger partial charge >= 0.3 is 11.9 Å². The third-order valence-electron chi connectivity index (χ3n) is 1.13. The summed E-state index contributed by atoms with van der Waals surface area (Å²) < 4.78 is 24.3. The van der Waals surface area contributed by atoms with Crippen molar-refractivity contribution < 1.29 is 23.5 Å². The van der Waals surface area contributed by atoms with Gasteiger partial charge in [-0.15, -0.1) is 0 Å². The Morgan fingerprint density at radius 2 is 2.09 bits per heavy atom. The molecule has 0 aliphatic heterocycles. The van der Waals surface area contributed by atoms with Gasteiger partial charge in [0, 0.05) is 12.8 Å². The zero-order valence-corrected chi connectivity index (χ0v) is 5.72. The molecule has 5 heteroatoms. The summed E-state index contributed by atoms with van der Waals surface area (Å²) in [5.74, 6) is -5.83. The molecule has 1 N–H and O–H groups in total. The number of carboxylic acids is 1. The maximum absolute atomic E-state index is 12.2. The molecule has 0 unspecified atom stereocenters. The van der Waals surface area contributed by atoms with E-state index in [1.54, 1.807) is 0 Å². The summed E-state index contributed by atoms with van der Waals surface area (Å²) in [4.78, 5) is 19.4. The molecule has 0 aliphatic rings. The first-order valence-electron chi connectivity index (χ1n) is 3.05. The van der Waals surface area contributed by atoms with Crippen molar-refractivity contribution in [3.05, 3.63) is 0 Å². The summed E-state index contributed by atoms with van der Waals surface area (Å²) in [6, 6.07) is 0. The number of halogens is 2. The lowest BCUT2D eigenvalue weighted by molar-refractivity contribution is -0.165. The van der Waals surface area contributed by atoms with Crippen LogP contribution in [0.25, 0.3) is 0 Å². The zero-order valence-electron chi connectivity index (χ0n) is 5.72. The SMILES string of the molecule is O=CCCCC(F)(F)C(=O)O. The monoisotopic (exact) mass is 166 g/mol. The number of alkyl halides is 2. The van der Waals surface area contributed by atoms with E-state index in [1.807, 2.05) is 0 Å². The number of rotatable bonds is 5. The van der Waals surface area contributed by atoms with Crippen molar-refractivity contribution in [2.45, 2.75) is 25.2 Å². The first kappa shape index (κ1) is 10.0. The van der Waals surface area contributed by atoms with Crippen molar-refractivity contribution in [2.24, 2.45) is 0 Å². The second kappa shape index (κ2) is 4.00. The lowest BCUT2D eigenvalue weighted by Crippen LogP contribution is -2.27. The molecule has 0 saturated carbocycles. The van der Waals surface area contributed by atoms with Gasteiger partial charge in [-0.3, -0.25) is 0 Å². The van der Waals surface area contributed by atoms with Crippen molar-refractivity contribution >= 4 is 12.3 Å². The molecule has 0 heterocycles. The highest BCUT2D eigenvalue weighted by Gasteiger charge is 2.37. The van der Waals surface area contributed by atoms with E-state index in [4.69, 9.17) is 5.11 Å². The number of aliphatic carboxylic acids is 1. The lowest BCUT2D eigenvalue weighted by Gasteiger charge is -2.08. The Balaban J connectivity index is 3.72. The van der Waals surface area contributed by atoms with Crippen LogP contribution in [0.1, 0.15) is 19.3 Å². The maximum atomic E-state index is 12.2. The molecule has 0 bridgehead atoms. The summed E-state index contributed by atoms with van der Waals surface area (Å²) in [7, 11) is 0. The molecule has 3 nitrogen and oxygen atoms in total. The van der Waals surface area contributed by atoms with Gasteiger partial charge in [-0.25, -0.2) is 4.79 Å². The van der Waals surface area contributed by atoms with Gasteiger partial charge in [0.1, 0.15) is 6.29 Å². The average molecular weight is 166 g/mol. The molecule has 0 aromatic heterocycles. The van der Waals surface area contributed by atoms with E-state index in [-0.39, 0.29) is 12.8 Å². The Labute approximate surface area is 62.0 Å². The molecule has 0 saturated heterocycles. The van der Waals surface area contributed by atoms with Crippen LogP contribution in [0, 0.1) is 0 Å². The van der Waals surface area contributed by atoms with E-state index in [2.05, 4.69) is 0 Å². The van der Waals surface area contributed by atoms with Gasteiger partial charge in [0.05, 0.1) is 0 Å². The smallest absolute Gasteiger partial charge is 0.374 e. The highest BCUT2D eigenvalue weighted by atomic mass is 19.3. The summed E-state index contributed by atoms with van der Waals surface area (Å²) in [5, 5.41) is 7.90. The predicted molar refractivity (Wildman–Crippen MR) is 32.5 cm³/mol. The minimum absolute atomic E-state index is 0.0249. The number of aldehydes is 1. The molecule has 0 amide bonds. The van der Waals surface area contributed by atoms with Crippen LogP contribution < -0.4 is 0 Å². The summed E-state index contributed by atoms with van der Waals surface area (Å²) in [6.07, 6.45) is -0.412. The highest BCUT2D eigenvalue weighted by molar-refractivity contribution is 5.75. The molecule has 0 spiro atoms. The van der Waals surface area contributed by atoms with Gasteiger partial charge in [-0.05, 0) is 6.42 Å². The Morgan fingerprint density at radius 1 is 1.55 bits per heavy atom. The van der Waals surface area contributed by atoms with E-state index in [0.717, 1.165) is 0 Å². The first-order chi connectivity index (χ1) is 5.00. The molecule has 0 aliphatic carbocycles. The molecule has 0 aromatic carbocycles. The topological polar surface area (TPSA) is 54.4 Å². The Bertz CT molecular complexity index is 156. The second-order valence-corrected chi connectivity index (χ2v) is 2.07. The van der Waals surface area contributed by atoms with Crippen LogP contribution in [0.4, 0.5) is 8.78 Å². The van der Waals surface area contributed by atoms with Gasteiger partial charge in [0.25, 0.3) is 0 Å². The van der Waals surface area contributed by atoms with Crippen molar-refractivity contribution in [3.63, 3.8) is 0 Å². The summed E-state index contributed by atoms with van der Waals surface area (Å²) in [6.45, 7) is 0. The van der Waals surface area contributed by atoms with Crippen LogP contribution in [0.3, 0.4) is 0 Å². The average Bonchev–Trinajstić information content (AvgIpc) is 1.88. The van der Waals surface area contributed by atoms with Crippen molar-refractivity contribution in [2.75, 3.05) is 0 Å². The van der Waals surface area contributed by atoms with E-state index >= 15 is 0 Å². The van der Waals surface area contributed by atoms with Crippen LogP contribution in [-0.4, -0.2) is 23.3 Å². The largest absolute Gasteiger partial charge is 0.477 e. The highest BCUT2D eigenvalue weighted by Crippen LogP contribution is 2.20. The third-order valence-corrected chi connectivity index (χ3v) is 1.13. The number of carbonyl (C=O) groups excluding carboxylic acids is 1. The first-order valence-corrected chi connectivity index (χ1v) is 3.05. The van der Waals surface area contributed by atoms with Gasteiger partial charge in [-0.1, -0.05) is 0 Å². The molecule has 0 fully saturated rings. The summed E-state index contributed by atoms with van der Waals surface area (Å²) in [5.41, 5.74) is 0. The number of carboxylic acid groups (broad SMARTS) is 1. The molecule has 64 valence electrons. The third kappa shape index (κ3) is 3.64. The number of hydrogen-bond donors (Lipinski definition) is 1. The molecular formula is C6H8F2O3. The summed E-state index contributed by atoms with van der Waals surface area (Å²) >= 11 is 0. The van der Waals surface area contributed by atoms with Crippen LogP contribution in [0.2, 0.25) is 0 Å². The molecule has 0 radical (unpaired) electrons. The Hall–Kier alpha value is -1.00. The van der Waals surface area contributed by atoms with Crippen molar-refractivity contribution in [3.8, 4) is 0 Å². The fourth-order valence-corrected chi connectivity index (χ4v) is 0.514. The minimum Gasteiger partial charge on any atom is -0.477 e. The Morgan fingerprint density at radius 3 is 2.45 bits per heavy atom. The molecule has 0 atom stereocenters. The van der Waals surface area contributed by atoms with E-state index in [9.17, 15) is 18.4 Å². The molecular weight excluding hydrogens is 158 g/mol. The molecule has 11 heavy (non-hydrogen) atoms. The predicted octanol–water partition coefficient (Wildman–Crippen LogP) is 1.08. The van der Waals surface area contributed by atoms with Crippen LogP contribution in [0.5, 0.6) is 0 Å². The Kier molecular flexibility index (Phi) is 3.64. The maximum Gasteiger partial charge on any atom is 0.374 e. The van der Waals surface area contributed by atoms with E-state index in [0.29, 0.717) is 6.29 Å². The minimum atomic E-state index is -3.69. The standard InChI is InChI=1S/C6H8F2O3/c7-6(8,5(10)11)3-1-2-4-9/h4H,1-3H2,(H,10,11).